The highest BCUT2D eigenvalue weighted by molar-refractivity contribution is 4.86. The molecule has 100 valence electrons. The first-order valence-electron chi connectivity index (χ1n) is 7.23. The molecule has 0 radical (unpaired) electrons. The van der Waals surface area contributed by atoms with Crippen molar-refractivity contribution in [3.63, 3.8) is 0 Å². The topological polar surface area (TPSA) is 35.5 Å². The summed E-state index contributed by atoms with van der Waals surface area (Å²) >= 11 is 0. The van der Waals surface area contributed by atoms with E-state index in [9.17, 15) is 5.11 Å². The van der Waals surface area contributed by atoms with Gasteiger partial charge in [-0.25, -0.2) is 0 Å². The Bertz CT molecular complexity index is 242. The summed E-state index contributed by atoms with van der Waals surface area (Å²) < 4.78 is 0. The molecular weight excluding hydrogens is 212 g/mol. The van der Waals surface area contributed by atoms with E-state index >= 15 is 0 Å². The standard InChI is InChI=1S/C14H28N2O/c1-14(17)7-4-9-16(10-8-14)11-12-5-3-6-13(12)15-2/h12-13,15,17H,3-11H2,1-2H3. The maximum atomic E-state index is 10.1. The third kappa shape index (κ3) is 3.67. The van der Waals surface area contributed by atoms with Crippen LogP contribution in [0, 0.1) is 5.92 Å². The molecular formula is C14H28N2O. The largest absolute Gasteiger partial charge is 0.390 e. The van der Waals surface area contributed by atoms with Crippen LogP contribution < -0.4 is 5.32 Å². The van der Waals surface area contributed by atoms with Gasteiger partial charge in [0.1, 0.15) is 0 Å². The molecule has 3 unspecified atom stereocenters. The number of likely N-dealkylation sites (tertiary alicyclic amines) is 1. The van der Waals surface area contributed by atoms with Crippen LogP contribution in [0.5, 0.6) is 0 Å². The van der Waals surface area contributed by atoms with Crippen molar-refractivity contribution in [2.45, 2.75) is 57.1 Å². The lowest BCUT2D eigenvalue weighted by Gasteiger charge is -2.28. The highest BCUT2D eigenvalue weighted by atomic mass is 16.3. The number of nitrogens with zero attached hydrogens (tertiary/aromatic N) is 1. The molecule has 0 bridgehead atoms. The van der Waals surface area contributed by atoms with Crippen LogP contribution in [0.25, 0.3) is 0 Å². The monoisotopic (exact) mass is 240 g/mol. The van der Waals surface area contributed by atoms with Gasteiger partial charge in [-0.3, -0.25) is 0 Å². The number of aliphatic hydroxyl groups is 1. The summed E-state index contributed by atoms with van der Waals surface area (Å²) in [6.07, 6.45) is 7.13. The van der Waals surface area contributed by atoms with Gasteiger partial charge in [-0.15, -0.1) is 0 Å². The number of hydrogen-bond donors (Lipinski definition) is 2. The molecule has 2 aliphatic rings. The second kappa shape index (κ2) is 5.68. The molecule has 0 aromatic carbocycles. The van der Waals surface area contributed by atoms with Crippen molar-refractivity contribution in [3.05, 3.63) is 0 Å². The average molecular weight is 240 g/mol. The summed E-state index contributed by atoms with van der Waals surface area (Å²) in [5, 5.41) is 13.6. The summed E-state index contributed by atoms with van der Waals surface area (Å²) in [4.78, 5) is 2.57. The molecule has 0 spiro atoms. The van der Waals surface area contributed by atoms with E-state index in [4.69, 9.17) is 0 Å². The van der Waals surface area contributed by atoms with Crippen LogP contribution in [-0.2, 0) is 0 Å². The van der Waals surface area contributed by atoms with Gasteiger partial charge in [-0.1, -0.05) is 6.42 Å². The Hall–Kier alpha value is -0.120. The molecule has 2 N–H and O–H groups in total. The van der Waals surface area contributed by atoms with Gasteiger partial charge in [0, 0.05) is 19.1 Å². The maximum Gasteiger partial charge on any atom is 0.0632 e. The fourth-order valence-electron chi connectivity index (χ4n) is 3.47. The minimum Gasteiger partial charge on any atom is -0.390 e. The van der Waals surface area contributed by atoms with E-state index in [1.54, 1.807) is 0 Å². The second-order valence-electron chi connectivity index (χ2n) is 6.24. The summed E-state index contributed by atoms with van der Waals surface area (Å²) in [6.45, 7) is 5.45. The van der Waals surface area contributed by atoms with E-state index in [1.165, 1.54) is 32.4 Å². The molecule has 0 amide bonds. The Morgan fingerprint density at radius 2 is 2.06 bits per heavy atom. The quantitative estimate of drug-likeness (QED) is 0.787. The van der Waals surface area contributed by atoms with Gasteiger partial charge < -0.3 is 15.3 Å². The van der Waals surface area contributed by atoms with Gasteiger partial charge in [-0.05, 0) is 58.5 Å². The van der Waals surface area contributed by atoms with E-state index < -0.39 is 5.60 Å². The summed E-state index contributed by atoms with van der Waals surface area (Å²) in [6, 6.07) is 0.721. The Morgan fingerprint density at radius 3 is 2.82 bits per heavy atom. The first-order chi connectivity index (χ1) is 8.11. The summed E-state index contributed by atoms with van der Waals surface area (Å²) in [5.74, 6) is 0.822. The van der Waals surface area contributed by atoms with E-state index in [1.807, 2.05) is 6.92 Å². The molecule has 1 heterocycles. The van der Waals surface area contributed by atoms with Crippen LogP contribution in [-0.4, -0.2) is 48.3 Å². The Kier molecular flexibility index (Phi) is 4.45. The van der Waals surface area contributed by atoms with Crippen molar-refractivity contribution in [1.29, 1.82) is 0 Å². The highest BCUT2D eigenvalue weighted by Crippen LogP contribution is 2.28. The fourth-order valence-corrected chi connectivity index (χ4v) is 3.47. The van der Waals surface area contributed by atoms with Crippen molar-refractivity contribution in [1.82, 2.24) is 10.2 Å². The molecule has 3 nitrogen and oxygen atoms in total. The van der Waals surface area contributed by atoms with Crippen LogP contribution in [0.4, 0.5) is 0 Å². The molecule has 3 atom stereocenters. The lowest BCUT2D eigenvalue weighted by molar-refractivity contribution is 0.0440. The van der Waals surface area contributed by atoms with Gasteiger partial charge >= 0.3 is 0 Å². The average Bonchev–Trinajstić information content (AvgIpc) is 2.65. The fraction of sp³-hybridized carbons (Fsp3) is 1.00. The van der Waals surface area contributed by atoms with Gasteiger partial charge in [0.25, 0.3) is 0 Å². The van der Waals surface area contributed by atoms with Crippen LogP contribution in [0.3, 0.4) is 0 Å². The predicted molar refractivity (Wildman–Crippen MR) is 71.1 cm³/mol. The molecule has 17 heavy (non-hydrogen) atoms. The van der Waals surface area contributed by atoms with Crippen LogP contribution >= 0.6 is 0 Å². The van der Waals surface area contributed by atoms with Crippen molar-refractivity contribution in [2.24, 2.45) is 5.92 Å². The van der Waals surface area contributed by atoms with Crippen molar-refractivity contribution in [2.75, 3.05) is 26.7 Å². The molecule has 0 aromatic heterocycles. The van der Waals surface area contributed by atoms with Gasteiger partial charge in [0.2, 0.25) is 0 Å². The van der Waals surface area contributed by atoms with Crippen LogP contribution in [0.15, 0.2) is 0 Å². The molecule has 1 saturated carbocycles. The van der Waals surface area contributed by atoms with Gasteiger partial charge in [0.05, 0.1) is 5.60 Å². The molecule has 0 aromatic rings. The predicted octanol–water partition coefficient (Wildman–Crippen LogP) is 1.61. The zero-order chi connectivity index (χ0) is 12.3. The zero-order valence-electron chi connectivity index (χ0n) is 11.4. The minimum atomic E-state index is -0.424. The number of nitrogens with one attached hydrogen (secondary N) is 1. The van der Waals surface area contributed by atoms with Gasteiger partial charge in [-0.2, -0.15) is 0 Å². The van der Waals surface area contributed by atoms with Crippen LogP contribution in [0.1, 0.15) is 45.4 Å². The summed E-state index contributed by atoms with van der Waals surface area (Å²) in [7, 11) is 2.09. The Labute approximate surface area is 106 Å². The maximum absolute atomic E-state index is 10.1. The minimum absolute atomic E-state index is 0.424. The van der Waals surface area contributed by atoms with Crippen LogP contribution in [0.2, 0.25) is 0 Å². The molecule has 2 rings (SSSR count). The molecule has 1 saturated heterocycles. The van der Waals surface area contributed by atoms with E-state index in [0.29, 0.717) is 0 Å². The summed E-state index contributed by atoms with van der Waals surface area (Å²) in [5.41, 5.74) is -0.424. The van der Waals surface area contributed by atoms with Crippen molar-refractivity contribution in [3.8, 4) is 0 Å². The van der Waals surface area contributed by atoms with E-state index in [-0.39, 0.29) is 0 Å². The SMILES string of the molecule is CNC1CCCC1CN1CCCC(C)(O)CC1. The van der Waals surface area contributed by atoms with Gasteiger partial charge in [0.15, 0.2) is 0 Å². The molecule has 2 fully saturated rings. The van der Waals surface area contributed by atoms with Crippen molar-refractivity contribution >= 4 is 0 Å². The lowest BCUT2D eigenvalue weighted by Crippen LogP contribution is -2.38. The smallest absolute Gasteiger partial charge is 0.0632 e. The Balaban J connectivity index is 1.82. The number of rotatable bonds is 3. The molecule has 3 heteroatoms. The molecule has 1 aliphatic heterocycles. The third-order valence-electron chi connectivity index (χ3n) is 4.68. The number of hydrogen-bond acceptors (Lipinski definition) is 3. The van der Waals surface area contributed by atoms with Crippen molar-refractivity contribution < 1.29 is 5.11 Å². The lowest BCUT2D eigenvalue weighted by atomic mass is 9.98. The first-order valence-corrected chi connectivity index (χ1v) is 7.23. The zero-order valence-corrected chi connectivity index (χ0v) is 11.4. The van der Waals surface area contributed by atoms with E-state index in [0.717, 1.165) is 37.8 Å². The Morgan fingerprint density at radius 1 is 1.24 bits per heavy atom. The first kappa shape index (κ1) is 13.3. The van der Waals surface area contributed by atoms with E-state index in [2.05, 4.69) is 17.3 Å². The normalized spacial score (nSPS) is 40.4. The highest BCUT2D eigenvalue weighted by Gasteiger charge is 2.30. The molecule has 1 aliphatic carbocycles. The third-order valence-corrected chi connectivity index (χ3v) is 4.68. The second-order valence-corrected chi connectivity index (χ2v) is 6.24.